The number of allylic oxidation sites excluding steroid dienone is 1. The van der Waals surface area contributed by atoms with Crippen LogP contribution in [0, 0.1) is 5.92 Å². The molecule has 2 heterocycles. The van der Waals surface area contributed by atoms with Crippen molar-refractivity contribution in [1.29, 1.82) is 0 Å². The zero-order chi connectivity index (χ0) is 20.5. The molecule has 1 amide bonds. The van der Waals surface area contributed by atoms with Gasteiger partial charge >= 0.3 is 0 Å². The molecule has 3 atom stereocenters. The van der Waals surface area contributed by atoms with Crippen molar-refractivity contribution in [1.82, 2.24) is 5.32 Å². The van der Waals surface area contributed by atoms with Gasteiger partial charge in [0, 0.05) is 31.6 Å². The Balaban J connectivity index is 1.72. The van der Waals surface area contributed by atoms with E-state index < -0.39 is 6.29 Å². The molecule has 5 nitrogen and oxygen atoms in total. The van der Waals surface area contributed by atoms with Crippen LogP contribution in [-0.2, 0) is 20.7 Å². The molecule has 0 spiro atoms. The number of ether oxygens (including phenoxy) is 2. The Bertz CT molecular complexity index is 775. The zero-order valence-electron chi connectivity index (χ0n) is 16.8. The van der Waals surface area contributed by atoms with Crippen molar-refractivity contribution in [2.24, 2.45) is 5.92 Å². The maximum Gasteiger partial charge on any atom is 0.286 e. The van der Waals surface area contributed by atoms with E-state index in [-0.39, 0.29) is 24.3 Å². The van der Waals surface area contributed by atoms with Gasteiger partial charge in [0.25, 0.3) is 5.91 Å². The van der Waals surface area contributed by atoms with Crippen molar-refractivity contribution < 1.29 is 19.4 Å². The first-order chi connectivity index (χ1) is 14.2. The lowest BCUT2D eigenvalue weighted by Gasteiger charge is -2.36. The number of carbonyl (C=O) groups excluding carboxylic acids is 1. The maximum absolute atomic E-state index is 12.8. The first-order valence-corrected chi connectivity index (χ1v) is 11.1. The number of benzene rings is 1. The van der Waals surface area contributed by atoms with Crippen molar-refractivity contribution in [3.05, 3.63) is 70.1 Å². The normalized spacial score (nSPS) is 21.3. The summed E-state index contributed by atoms with van der Waals surface area (Å²) in [7, 11) is 0. The van der Waals surface area contributed by atoms with E-state index in [1.807, 2.05) is 48.7 Å². The molecule has 0 radical (unpaired) electrons. The van der Waals surface area contributed by atoms with Gasteiger partial charge in [-0.25, -0.2) is 0 Å². The summed E-state index contributed by atoms with van der Waals surface area (Å²) in [6.07, 6.45) is 3.61. The quantitative estimate of drug-likeness (QED) is 0.618. The minimum absolute atomic E-state index is 0.0213. The number of carbonyl (C=O) groups is 1. The van der Waals surface area contributed by atoms with Gasteiger partial charge in [-0.15, -0.1) is 0 Å². The van der Waals surface area contributed by atoms with Crippen molar-refractivity contribution in [2.75, 3.05) is 19.8 Å². The summed E-state index contributed by atoms with van der Waals surface area (Å²) in [5.74, 6) is 0.171. The van der Waals surface area contributed by atoms with E-state index in [1.54, 1.807) is 11.3 Å². The third-order valence-corrected chi connectivity index (χ3v) is 5.81. The number of aliphatic hydroxyl groups excluding tert-OH is 1. The molecule has 1 aromatic carbocycles. The lowest BCUT2D eigenvalue weighted by Crippen LogP contribution is -2.39. The molecule has 2 aromatic rings. The Morgan fingerprint density at radius 2 is 2.10 bits per heavy atom. The van der Waals surface area contributed by atoms with E-state index in [9.17, 15) is 9.90 Å². The van der Waals surface area contributed by atoms with E-state index in [4.69, 9.17) is 9.47 Å². The highest BCUT2D eigenvalue weighted by molar-refractivity contribution is 7.08. The molecule has 0 fully saturated rings. The molecule has 0 saturated carbocycles. The number of aliphatic hydroxyl groups is 1. The first-order valence-electron chi connectivity index (χ1n) is 10.2. The fourth-order valence-corrected chi connectivity index (χ4v) is 4.37. The van der Waals surface area contributed by atoms with E-state index in [1.165, 1.54) is 5.56 Å². The predicted molar refractivity (Wildman–Crippen MR) is 115 cm³/mol. The standard InChI is InChI=1S/C23H29NO4S/c1-2-27-23-19(9-6-13-25)20(18-11-14-29-16-18)15-21(28-23)22(26)24-12-10-17-7-4-3-5-8-17/h3-5,7-8,11,14-16,19-20,23,25H,2,6,9-10,12-13H2,1H3,(H,24,26)/t19-,20+,23+/m0/s1. The first kappa shape index (κ1) is 21.6. The molecule has 0 aliphatic carbocycles. The summed E-state index contributed by atoms with van der Waals surface area (Å²) in [6.45, 7) is 3.09. The van der Waals surface area contributed by atoms with Crippen LogP contribution < -0.4 is 5.32 Å². The fourth-order valence-electron chi connectivity index (χ4n) is 3.66. The Kier molecular flexibility index (Phi) is 8.28. The smallest absolute Gasteiger partial charge is 0.286 e. The summed E-state index contributed by atoms with van der Waals surface area (Å²) >= 11 is 1.63. The Hall–Kier alpha value is -2.15. The van der Waals surface area contributed by atoms with Gasteiger partial charge in [-0.3, -0.25) is 4.79 Å². The van der Waals surface area contributed by atoms with Crippen molar-refractivity contribution >= 4 is 17.2 Å². The number of thiophene rings is 1. The van der Waals surface area contributed by atoms with Crippen molar-refractivity contribution in [3.63, 3.8) is 0 Å². The van der Waals surface area contributed by atoms with Crippen LogP contribution in [0.1, 0.15) is 36.8 Å². The maximum atomic E-state index is 12.8. The molecule has 1 aliphatic heterocycles. The third-order valence-electron chi connectivity index (χ3n) is 5.11. The van der Waals surface area contributed by atoms with Crippen LogP contribution in [0.5, 0.6) is 0 Å². The van der Waals surface area contributed by atoms with Gasteiger partial charge in [-0.05, 0) is 60.2 Å². The van der Waals surface area contributed by atoms with Crippen LogP contribution in [-0.4, -0.2) is 37.1 Å². The van der Waals surface area contributed by atoms with E-state index in [2.05, 4.69) is 16.8 Å². The minimum Gasteiger partial charge on any atom is -0.459 e. The van der Waals surface area contributed by atoms with Gasteiger partial charge in [0.15, 0.2) is 5.76 Å². The molecular weight excluding hydrogens is 386 g/mol. The van der Waals surface area contributed by atoms with Gasteiger partial charge < -0.3 is 19.9 Å². The van der Waals surface area contributed by atoms with Gasteiger partial charge in [-0.1, -0.05) is 30.3 Å². The second kappa shape index (κ2) is 11.1. The molecule has 0 unspecified atom stereocenters. The molecule has 2 N–H and O–H groups in total. The van der Waals surface area contributed by atoms with Gasteiger partial charge in [0.2, 0.25) is 6.29 Å². The van der Waals surface area contributed by atoms with Gasteiger partial charge in [-0.2, -0.15) is 11.3 Å². The highest BCUT2D eigenvalue weighted by Gasteiger charge is 2.37. The predicted octanol–water partition coefficient (Wildman–Crippen LogP) is 3.86. The van der Waals surface area contributed by atoms with Crippen LogP contribution in [0.3, 0.4) is 0 Å². The van der Waals surface area contributed by atoms with E-state index in [0.717, 1.165) is 18.4 Å². The molecule has 0 bridgehead atoms. The molecular formula is C23H29NO4S. The van der Waals surface area contributed by atoms with E-state index in [0.29, 0.717) is 25.3 Å². The largest absolute Gasteiger partial charge is 0.459 e. The van der Waals surface area contributed by atoms with Crippen LogP contribution in [0.15, 0.2) is 59.0 Å². The van der Waals surface area contributed by atoms with Crippen molar-refractivity contribution in [2.45, 2.75) is 38.4 Å². The summed E-state index contributed by atoms with van der Waals surface area (Å²) in [4.78, 5) is 12.8. The average Bonchev–Trinajstić information content (AvgIpc) is 3.28. The summed E-state index contributed by atoms with van der Waals surface area (Å²) in [6, 6.07) is 12.1. The lowest BCUT2D eigenvalue weighted by atomic mass is 9.81. The second-order valence-electron chi connectivity index (χ2n) is 7.08. The lowest BCUT2D eigenvalue weighted by molar-refractivity contribution is -0.166. The Morgan fingerprint density at radius 3 is 2.79 bits per heavy atom. The molecule has 6 heteroatoms. The van der Waals surface area contributed by atoms with Gasteiger partial charge in [0.05, 0.1) is 0 Å². The zero-order valence-corrected chi connectivity index (χ0v) is 17.6. The number of nitrogens with one attached hydrogen (secondary N) is 1. The molecule has 156 valence electrons. The Morgan fingerprint density at radius 1 is 1.28 bits per heavy atom. The number of rotatable bonds is 10. The number of hydrogen-bond donors (Lipinski definition) is 2. The monoisotopic (exact) mass is 415 g/mol. The fraction of sp³-hybridized carbons (Fsp3) is 0.435. The molecule has 1 aromatic heterocycles. The SMILES string of the molecule is CCO[C@@H]1OC(C(=O)NCCc2ccccc2)=C[C@H](c2ccsc2)[C@@H]1CCCO. The number of hydrogen-bond acceptors (Lipinski definition) is 5. The van der Waals surface area contributed by atoms with Crippen LogP contribution in [0.4, 0.5) is 0 Å². The van der Waals surface area contributed by atoms with Crippen LogP contribution in [0.2, 0.25) is 0 Å². The minimum atomic E-state index is -0.503. The van der Waals surface area contributed by atoms with E-state index >= 15 is 0 Å². The molecule has 3 rings (SSSR count). The van der Waals surface area contributed by atoms with Crippen LogP contribution in [0.25, 0.3) is 0 Å². The summed E-state index contributed by atoms with van der Waals surface area (Å²) in [5.41, 5.74) is 2.33. The molecule has 29 heavy (non-hydrogen) atoms. The number of amides is 1. The van der Waals surface area contributed by atoms with Gasteiger partial charge in [0.1, 0.15) is 0 Å². The summed E-state index contributed by atoms with van der Waals surface area (Å²) < 4.78 is 11.8. The third kappa shape index (κ3) is 5.92. The summed E-state index contributed by atoms with van der Waals surface area (Å²) in [5, 5.41) is 16.4. The Labute approximate surface area is 176 Å². The van der Waals surface area contributed by atoms with Crippen molar-refractivity contribution in [3.8, 4) is 0 Å². The molecule has 0 saturated heterocycles. The second-order valence-corrected chi connectivity index (χ2v) is 7.86. The molecule has 1 aliphatic rings. The van der Waals surface area contributed by atoms with Crippen LogP contribution >= 0.6 is 11.3 Å². The highest BCUT2D eigenvalue weighted by atomic mass is 32.1. The average molecular weight is 416 g/mol. The highest BCUT2D eigenvalue weighted by Crippen LogP contribution is 2.40. The topological polar surface area (TPSA) is 67.8 Å².